The predicted octanol–water partition coefficient (Wildman–Crippen LogP) is 4.78. The Morgan fingerprint density at radius 3 is 2.47 bits per heavy atom. The number of hydrogen-bond donors (Lipinski definition) is 1. The SMILES string of the molecule is O=C(CSc1ccccc1C(=O)OCC(=O)c1cccc([N+](=O)[O-])c1)Nc1ccc(C(F)(F)F)cn1. The third-order valence-corrected chi connectivity index (χ3v) is 5.61. The maximum absolute atomic E-state index is 12.6. The third-order valence-electron chi connectivity index (χ3n) is 4.54. The molecular formula is C23H16F3N3O6S. The van der Waals surface area contributed by atoms with Crippen molar-refractivity contribution in [2.75, 3.05) is 17.7 Å². The van der Waals surface area contributed by atoms with E-state index in [1.54, 1.807) is 18.2 Å². The number of nitrogens with zero attached hydrogens (tertiary/aromatic N) is 2. The molecule has 3 aromatic rings. The zero-order chi connectivity index (χ0) is 26.3. The highest BCUT2D eigenvalue weighted by Gasteiger charge is 2.30. The molecule has 1 amide bonds. The molecule has 0 radical (unpaired) electrons. The van der Waals surface area contributed by atoms with Crippen LogP contribution in [0.5, 0.6) is 0 Å². The average Bonchev–Trinajstić information content (AvgIpc) is 2.86. The van der Waals surface area contributed by atoms with E-state index < -0.39 is 40.9 Å². The first-order valence-corrected chi connectivity index (χ1v) is 11.0. The number of benzene rings is 2. The molecule has 1 heterocycles. The van der Waals surface area contributed by atoms with Crippen molar-refractivity contribution < 1.29 is 37.2 Å². The van der Waals surface area contributed by atoms with Gasteiger partial charge in [-0.1, -0.05) is 24.3 Å². The molecule has 3 rings (SSSR count). The summed E-state index contributed by atoms with van der Waals surface area (Å²) in [5.74, 6) is -2.32. The van der Waals surface area contributed by atoms with Gasteiger partial charge in [-0.3, -0.25) is 19.7 Å². The van der Waals surface area contributed by atoms with Gasteiger partial charge in [-0.05, 0) is 24.3 Å². The molecule has 0 bridgehead atoms. The van der Waals surface area contributed by atoms with Crippen LogP contribution in [0, 0.1) is 10.1 Å². The van der Waals surface area contributed by atoms with Crippen LogP contribution in [-0.4, -0.2) is 39.9 Å². The fraction of sp³-hybridized carbons (Fsp3) is 0.130. The van der Waals surface area contributed by atoms with E-state index in [0.29, 0.717) is 11.1 Å². The van der Waals surface area contributed by atoms with E-state index in [2.05, 4.69) is 10.3 Å². The molecule has 1 aromatic heterocycles. The molecule has 0 aliphatic rings. The molecule has 9 nitrogen and oxygen atoms in total. The lowest BCUT2D eigenvalue weighted by Crippen LogP contribution is -2.17. The van der Waals surface area contributed by atoms with Crippen LogP contribution < -0.4 is 5.32 Å². The lowest BCUT2D eigenvalue weighted by Gasteiger charge is -2.10. The second kappa shape index (κ2) is 11.4. The molecule has 36 heavy (non-hydrogen) atoms. The van der Waals surface area contributed by atoms with Gasteiger partial charge >= 0.3 is 12.1 Å². The number of hydrogen-bond acceptors (Lipinski definition) is 8. The first-order chi connectivity index (χ1) is 17.0. The summed E-state index contributed by atoms with van der Waals surface area (Å²) in [6, 6.07) is 12.9. The van der Waals surface area contributed by atoms with Gasteiger partial charge < -0.3 is 10.1 Å². The van der Waals surface area contributed by atoms with E-state index in [0.717, 1.165) is 30.0 Å². The smallest absolute Gasteiger partial charge is 0.417 e. The van der Waals surface area contributed by atoms with Gasteiger partial charge in [-0.25, -0.2) is 9.78 Å². The molecule has 0 aliphatic carbocycles. The average molecular weight is 519 g/mol. The van der Waals surface area contributed by atoms with Crippen LogP contribution in [0.4, 0.5) is 24.7 Å². The van der Waals surface area contributed by atoms with Gasteiger partial charge in [0.2, 0.25) is 11.7 Å². The number of non-ortho nitro benzene ring substituents is 1. The number of carbonyl (C=O) groups is 3. The van der Waals surface area contributed by atoms with E-state index in [-0.39, 0.29) is 28.4 Å². The molecule has 2 aromatic carbocycles. The van der Waals surface area contributed by atoms with Gasteiger partial charge in [0, 0.05) is 28.8 Å². The van der Waals surface area contributed by atoms with Crippen LogP contribution in [-0.2, 0) is 15.7 Å². The van der Waals surface area contributed by atoms with Gasteiger partial charge in [0.15, 0.2) is 6.61 Å². The van der Waals surface area contributed by atoms with E-state index >= 15 is 0 Å². The van der Waals surface area contributed by atoms with E-state index in [1.807, 2.05) is 0 Å². The Kier molecular flexibility index (Phi) is 8.38. The number of halogens is 3. The summed E-state index contributed by atoms with van der Waals surface area (Å²) in [7, 11) is 0. The normalized spacial score (nSPS) is 11.0. The predicted molar refractivity (Wildman–Crippen MR) is 123 cm³/mol. The van der Waals surface area contributed by atoms with Crippen LogP contribution in [0.3, 0.4) is 0 Å². The Bertz CT molecular complexity index is 1300. The quantitative estimate of drug-likeness (QED) is 0.141. The largest absolute Gasteiger partial charge is 0.454 e. The second-order valence-corrected chi connectivity index (χ2v) is 8.09. The van der Waals surface area contributed by atoms with Crippen LogP contribution >= 0.6 is 11.8 Å². The Labute approximate surface area is 205 Å². The molecule has 0 saturated heterocycles. The lowest BCUT2D eigenvalue weighted by molar-refractivity contribution is -0.384. The van der Waals surface area contributed by atoms with Crippen molar-refractivity contribution in [2.45, 2.75) is 11.1 Å². The second-order valence-electron chi connectivity index (χ2n) is 7.07. The number of alkyl halides is 3. The Hall–Kier alpha value is -4.26. The van der Waals surface area contributed by atoms with Crippen molar-refractivity contribution in [1.82, 2.24) is 4.98 Å². The topological polar surface area (TPSA) is 128 Å². The fourth-order valence-corrected chi connectivity index (χ4v) is 3.64. The highest BCUT2D eigenvalue weighted by molar-refractivity contribution is 8.00. The van der Waals surface area contributed by atoms with Crippen molar-refractivity contribution in [3.8, 4) is 0 Å². The number of nitro benzene ring substituents is 1. The van der Waals surface area contributed by atoms with Crippen molar-refractivity contribution >= 4 is 40.9 Å². The van der Waals surface area contributed by atoms with Crippen LogP contribution in [0.15, 0.2) is 71.8 Å². The number of pyridine rings is 1. The summed E-state index contributed by atoms with van der Waals surface area (Å²) in [5.41, 5.74) is -1.15. The summed E-state index contributed by atoms with van der Waals surface area (Å²) in [5, 5.41) is 13.2. The number of ether oxygens (including phenoxy) is 1. The van der Waals surface area contributed by atoms with Gasteiger partial charge in [0.25, 0.3) is 5.69 Å². The summed E-state index contributed by atoms with van der Waals surface area (Å²) in [6.07, 6.45) is -3.95. The summed E-state index contributed by atoms with van der Waals surface area (Å²) >= 11 is 0.965. The first kappa shape index (κ1) is 26.3. The molecule has 186 valence electrons. The first-order valence-electron chi connectivity index (χ1n) is 10.0. The maximum atomic E-state index is 12.6. The number of thioether (sulfide) groups is 1. The standard InChI is InChI=1S/C23H16F3N3O6S/c24-23(25,26)15-8-9-20(27-11-15)28-21(31)13-36-19-7-2-1-6-17(19)22(32)35-12-18(30)14-4-3-5-16(10-14)29(33)34/h1-11H,12-13H2,(H,27,28,31). The lowest BCUT2D eigenvalue weighted by atomic mass is 10.1. The van der Waals surface area contributed by atoms with Crippen LogP contribution in [0.1, 0.15) is 26.3 Å². The maximum Gasteiger partial charge on any atom is 0.417 e. The number of aromatic nitrogens is 1. The molecule has 13 heteroatoms. The van der Waals surface area contributed by atoms with Gasteiger partial charge in [0.05, 0.1) is 21.8 Å². The number of Topliss-reactive ketones (excluding diaryl/α,β-unsaturated/α-hetero) is 1. The van der Waals surface area contributed by atoms with Gasteiger partial charge in [-0.2, -0.15) is 13.2 Å². The number of amides is 1. The zero-order valence-corrected chi connectivity index (χ0v) is 19.0. The molecular weight excluding hydrogens is 503 g/mol. The molecule has 0 aliphatic heterocycles. The summed E-state index contributed by atoms with van der Waals surface area (Å²) in [4.78, 5) is 51.1. The molecule has 0 fully saturated rings. The van der Waals surface area contributed by atoms with E-state index in [9.17, 15) is 37.7 Å². The monoisotopic (exact) mass is 519 g/mol. The number of carbonyl (C=O) groups excluding carboxylic acids is 3. The van der Waals surface area contributed by atoms with Crippen molar-refractivity contribution in [3.05, 3.63) is 93.7 Å². The molecule has 1 N–H and O–H groups in total. The number of rotatable bonds is 9. The minimum absolute atomic E-state index is 0.00760. The summed E-state index contributed by atoms with van der Waals surface area (Å²) < 4.78 is 42.9. The number of nitro groups is 1. The zero-order valence-electron chi connectivity index (χ0n) is 18.2. The molecule has 0 atom stereocenters. The minimum Gasteiger partial charge on any atom is -0.454 e. The van der Waals surface area contributed by atoms with Crippen molar-refractivity contribution in [3.63, 3.8) is 0 Å². The third kappa shape index (κ3) is 7.12. The number of ketones is 1. The minimum atomic E-state index is -4.55. The summed E-state index contributed by atoms with van der Waals surface area (Å²) in [6.45, 7) is -0.654. The number of nitrogens with one attached hydrogen (secondary N) is 1. The number of anilines is 1. The number of esters is 1. The van der Waals surface area contributed by atoms with E-state index in [4.69, 9.17) is 4.74 Å². The molecule has 0 saturated carbocycles. The van der Waals surface area contributed by atoms with Crippen molar-refractivity contribution in [1.29, 1.82) is 0 Å². The van der Waals surface area contributed by atoms with Gasteiger partial charge in [-0.15, -0.1) is 11.8 Å². The molecule has 0 spiro atoms. The fourth-order valence-electron chi connectivity index (χ4n) is 2.80. The van der Waals surface area contributed by atoms with Gasteiger partial charge in [0.1, 0.15) is 5.82 Å². The molecule has 0 unspecified atom stereocenters. The highest BCUT2D eigenvalue weighted by atomic mass is 32.2. The van der Waals surface area contributed by atoms with Crippen molar-refractivity contribution in [2.24, 2.45) is 0 Å². The Morgan fingerprint density at radius 1 is 1.06 bits per heavy atom. The Balaban J connectivity index is 1.57. The van der Waals surface area contributed by atoms with E-state index in [1.165, 1.54) is 24.3 Å². The van der Waals surface area contributed by atoms with Crippen LogP contribution in [0.25, 0.3) is 0 Å². The van der Waals surface area contributed by atoms with Crippen LogP contribution in [0.2, 0.25) is 0 Å². The Morgan fingerprint density at radius 2 is 1.81 bits per heavy atom. The highest BCUT2D eigenvalue weighted by Crippen LogP contribution is 2.29.